The Morgan fingerprint density at radius 1 is 1.10 bits per heavy atom. The van der Waals surface area contributed by atoms with Gasteiger partial charge in [-0.2, -0.15) is 0 Å². The number of carbonyl (C=O) groups is 2. The Labute approximate surface area is 257 Å². The number of rotatable bonds is 7. The van der Waals surface area contributed by atoms with Gasteiger partial charge in [-0.05, 0) is 101 Å². The highest BCUT2D eigenvalue weighted by Crippen LogP contribution is 2.43. The highest BCUT2D eigenvalue weighted by Gasteiger charge is 2.43. The Balaban J connectivity index is 1.37. The minimum atomic E-state index is -0.229. The second-order valence-electron chi connectivity index (χ2n) is 11.8. The van der Waals surface area contributed by atoms with Crippen LogP contribution >= 0.6 is 23.1 Å². The minimum absolute atomic E-state index is 0.107. The molecule has 3 atom stereocenters. The number of benzene rings is 1. The van der Waals surface area contributed by atoms with Crippen molar-refractivity contribution < 1.29 is 14.3 Å². The van der Waals surface area contributed by atoms with Gasteiger partial charge in [-0.1, -0.05) is 49.7 Å². The summed E-state index contributed by atoms with van der Waals surface area (Å²) in [5.41, 5.74) is 5.87. The van der Waals surface area contributed by atoms with E-state index in [-0.39, 0.29) is 23.4 Å². The second-order valence-corrected chi connectivity index (χ2v) is 14.0. The highest BCUT2D eigenvalue weighted by molar-refractivity contribution is 8.05. The summed E-state index contributed by atoms with van der Waals surface area (Å²) in [6.07, 6.45) is 10.9. The summed E-state index contributed by atoms with van der Waals surface area (Å²) in [7, 11) is 0. The molecule has 1 saturated heterocycles. The normalized spacial score (nSPS) is 23.3. The third kappa shape index (κ3) is 5.44. The van der Waals surface area contributed by atoms with Gasteiger partial charge in [0.2, 0.25) is 0 Å². The van der Waals surface area contributed by atoms with Gasteiger partial charge in [-0.15, -0.1) is 11.3 Å². The van der Waals surface area contributed by atoms with Crippen molar-refractivity contribution in [1.82, 2.24) is 9.47 Å². The molecule has 1 unspecified atom stereocenters. The van der Waals surface area contributed by atoms with E-state index in [0.717, 1.165) is 83.1 Å². The summed E-state index contributed by atoms with van der Waals surface area (Å²) in [6, 6.07) is 12.6. The number of thiophene rings is 1. The summed E-state index contributed by atoms with van der Waals surface area (Å²) in [5.74, 6) is 0.350. The molecule has 1 saturated carbocycles. The number of nitrogens with zero attached hydrogens (tertiary/aromatic N) is 2. The predicted octanol–water partition coefficient (Wildman–Crippen LogP) is 8.10. The molecule has 3 heterocycles. The smallest absolute Gasteiger partial charge is 0.341 e. The van der Waals surface area contributed by atoms with E-state index in [9.17, 15) is 9.59 Å². The van der Waals surface area contributed by atoms with Crippen LogP contribution in [-0.4, -0.2) is 39.5 Å². The molecule has 6 rings (SSSR count). The van der Waals surface area contributed by atoms with Gasteiger partial charge in [0.1, 0.15) is 5.00 Å². The SMILES string of the molecule is CCOC(=O)c1c(-n2c(C)cc(/C=C3\SC(Nc4ccccc4)N([C@@H]4CCCC[C@H]4C)C3=O)c2C)sc2c1CCCC2. The number of carbonyl (C=O) groups excluding carboxylic acids is 2. The summed E-state index contributed by atoms with van der Waals surface area (Å²) in [5, 5.41) is 4.59. The van der Waals surface area contributed by atoms with E-state index in [1.807, 2.05) is 25.1 Å². The minimum Gasteiger partial charge on any atom is -0.462 e. The molecule has 8 heteroatoms. The third-order valence-electron chi connectivity index (χ3n) is 9.02. The number of esters is 1. The zero-order chi connectivity index (χ0) is 29.4. The molecule has 6 nitrogen and oxygen atoms in total. The molecule has 0 radical (unpaired) electrons. The van der Waals surface area contributed by atoms with Gasteiger partial charge in [0.15, 0.2) is 5.50 Å². The molecular formula is C34H41N3O3S2. The Kier molecular flexibility index (Phi) is 8.55. The molecule has 1 aliphatic heterocycles. The van der Waals surface area contributed by atoms with Gasteiger partial charge in [0.05, 0.1) is 17.1 Å². The fourth-order valence-electron chi connectivity index (χ4n) is 6.88. The molecule has 42 heavy (non-hydrogen) atoms. The summed E-state index contributed by atoms with van der Waals surface area (Å²) < 4.78 is 7.74. The van der Waals surface area contributed by atoms with Crippen molar-refractivity contribution in [3.63, 3.8) is 0 Å². The number of thioether (sulfide) groups is 1. The Morgan fingerprint density at radius 3 is 2.62 bits per heavy atom. The van der Waals surface area contributed by atoms with E-state index >= 15 is 0 Å². The van der Waals surface area contributed by atoms with Crippen molar-refractivity contribution in [2.45, 2.75) is 90.6 Å². The first-order valence-corrected chi connectivity index (χ1v) is 17.1. The van der Waals surface area contributed by atoms with E-state index in [0.29, 0.717) is 12.5 Å². The number of nitrogens with one attached hydrogen (secondary N) is 1. The van der Waals surface area contributed by atoms with Crippen molar-refractivity contribution in [1.29, 1.82) is 0 Å². The lowest BCUT2D eigenvalue weighted by atomic mass is 9.85. The number of hydrogen-bond donors (Lipinski definition) is 1. The van der Waals surface area contributed by atoms with E-state index in [4.69, 9.17) is 4.74 Å². The summed E-state index contributed by atoms with van der Waals surface area (Å²) in [4.78, 5) is 31.5. The number of ether oxygens (including phenoxy) is 1. The molecule has 2 aromatic heterocycles. The number of amides is 1. The van der Waals surface area contributed by atoms with Crippen LogP contribution in [0.4, 0.5) is 5.69 Å². The summed E-state index contributed by atoms with van der Waals surface area (Å²) in [6.45, 7) is 8.69. The van der Waals surface area contributed by atoms with Gasteiger partial charge in [-0.25, -0.2) is 4.79 Å². The fourth-order valence-corrected chi connectivity index (χ4v) is 9.57. The van der Waals surface area contributed by atoms with Crippen molar-refractivity contribution in [3.8, 4) is 5.00 Å². The molecule has 1 aromatic carbocycles. The van der Waals surface area contributed by atoms with Crippen LogP contribution in [0.1, 0.15) is 90.1 Å². The molecule has 2 fully saturated rings. The average molecular weight is 604 g/mol. The van der Waals surface area contributed by atoms with Crippen LogP contribution in [-0.2, 0) is 22.4 Å². The maximum atomic E-state index is 14.1. The lowest BCUT2D eigenvalue weighted by Gasteiger charge is -2.39. The third-order valence-corrected chi connectivity index (χ3v) is 11.4. The van der Waals surface area contributed by atoms with Crippen molar-refractivity contribution in [3.05, 3.63) is 74.3 Å². The number of aryl methyl sites for hydroxylation is 2. The van der Waals surface area contributed by atoms with Gasteiger partial charge < -0.3 is 19.5 Å². The first kappa shape index (κ1) is 29.1. The highest BCUT2D eigenvalue weighted by atomic mass is 32.2. The van der Waals surface area contributed by atoms with Crippen LogP contribution in [0.5, 0.6) is 0 Å². The first-order valence-electron chi connectivity index (χ1n) is 15.4. The van der Waals surface area contributed by atoms with Crippen LogP contribution in [0.2, 0.25) is 0 Å². The van der Waals surface area contributed by atoms with Gasteiger partial charge >= 0.3 is 5.97 Å². The maximum absolute atomic E-state index is 14.1. The van der Waals surface area contributed by atoms with Crippen LogP contribution in [0.3, 0.4) is 0 Å². The maximum Gasteiger partial charge on any atom is 0.341 e. The molecule has 3 aliphatic rings. The van der Waals surface area contributed by atoms with E-state index < -0.39 is 0 Å². The summed E-state index contributed by atoms with van der Waals surface area (Å²) >= 11 is 3.34. The van der Waals surface area contributed by atoms with Gasteiger partial charge in [-0.3, -0.25) is 4.79 Å². The van der Waals surface area contributed by atoms with Crippen LogP contribution in [0.25, 0.3) is 11.1 Å². The van der Waals surface area contributed by atoms with E-state index in [1.165, 1.54) is 16.9 Å². The van der Waals surface area contributed by atoms with Crippen LogP contribution in [0.15, 0.2) is 41.3 Å². The standard InChI is InChI=1S/C34H41N3O3S2/c1-5-40-33(39)30-26-16-10-12-18-28(26)41-32(30)36-22(3)19-24(23(36)4)20-29-31(38)37(27-17-11-9-13-21(27)2)34(42-29)35-25-14-7-6-8-15-25/h6-8,14-15,19-21,27,34-35H,5,9-13,16-18H2,1-4H3/b29-20-/t21-,27-,34?/m1/s1. The number of aromatic nitrogens is 1. The second kappa shape index (κ2) is 12.3. The lowest BCUT2D eigenvalue weighted by Crippen LogP contribution is -2.48. The number of hydrogen-bond acceptors (Lipinski definition) is 6. The Bertz CT molecular complexity index is 1510. The number of fused-ring (bicyclic) bond motifs is 1. The molecule has 0 bridgehead atoms. The van der Waals surface area contributed by atoms with Crippen LogP contribution < -0.4 is 5.32 Å². The zero-order valence-electron chi connectivity index (χ0n) is 25.1. The first-order chi connectivity index (χ1) is 20.4. The van der Waals surface area contributed by atoms with Gasteiger partial charge in [0, 0.05) is 28.0 Å². The zero-order valence-corrected chi connectivity index (χ0v) is 26.7. The number of para-hydroxylation sites is 1. The monoisotopic (exact) mass is 603 g/mol. The van der Waals surface area contributed by atoms with Gasteiger partial charge in [0.25, 0.3) is 5.91 Å². The molecule has 0 spiro atoms. The van der Waals surface area contributed by atoms with E-state index in [1.54, 1.807) is 23.1 Å². The molecule has 2 aliphatic carbocycles. The topological polar surface area (TPSA) is 63.6 Å². The number of anilines is 1. The molecular weight excluding hydrogens is 563 g/mol. The molecule has 222 valence electrons. The molecule has 1 amide bonds. The Morgan fingerprint density at radius 2 is 1.86 bits per heavy atom. The van der Waals surface area contributed by atoms with Crippen molar-refractivity contribution >= 4 is 46.7 Å². The lowest BCUT2D eigenvalue weighted by molar-refractivity contribution is -0.129. The van der Waals surface area contributed by atoms with Crippen LogP contribution in [0, 0.1) is 19.8 Å². The van der Waals surface area contributed by atoms with Crippen molar-refractivity contribution in [2.24, 2.45) is 5.92 Å². The largest absolute Gasteiger partial charge is 0.462 e. The predicted molar refractivity (Wildman–Crippen MR) is 173 cm³/mol. The van der Waals surface area contributed by atoms with E-state index in [2.05, 4.69) is 59.8 Å². The molecule has 1 N–H and O–H groups in total. The Hall–Kier alpha value is -2.97. The molecule has 3 aromatic rings. The quantitative estimate of drug-likeness (QED) is 0.218. The van der Waals surface area contributed by atoms with Crippen molar-refractivity contribution in [2.75, 3.05) is 11.9 Å². The fraction of sp³-hybridized carbons (Fsp3) is 0.471. The average Bonchev–Trinajstić information content (AvgIpc) is 3.60.